The number of rotatable bonds is 1. The molecule has 0 atom stereocenters. The predicted molar refractivity (Wildman–Crippen MR) is 60.6 cm³/mol. The predicted octanol–water partition coefficient (Wildman–Crippen LogP) is 2.29. The van der Waals surface area contributed by atoms with Gasteiger partial charge in [-0.25, -0.2) is 13.2 Å². The monoisotopic (exact) mass is 244 g/mol. The zero-order valence-corrected chi connectivity index (χ0v) is 9.48. The van der Waals surface area contributed by atoms with Gasteiger partial charge >= 0.3 is 0 Å². The Morgan fingerprint density at radius 1 is 0.941 bits per heavy atom. The molecule has 1 aromatic carbocycles. The highest BCUT2D eigenvalue weighted by Gasteiger charge is 2.18. The standard InChI is InChI=1S/C12H15F3N2/c13-9-3-4-10(12(15)11(9)14)17-7-1-5-16-6-2-8-17/h3-4,16H,1-2,5-8H2. The van der Waals surface area contributed by atoms with Crippen LogP contribution in [0.3, 0.4) is 0 Å². The lowest BCUT2D eigenvalue weighted by molar-refractivity contribution is 0.444. The van der Waals surface area contributed by atoms with Crippen LogP contribution in [-0.4, -0.2) is 26.2 Å². The largest absolute Gasteiger partial charge is 0.369 e. The van der Waals surface area contributed by atoms with Gasteiger partial charge in [0.1, 0.15) is 0 Å². The Balaban J connectivity index is 2.22. The van der Waals surface area contributed by atoms with Crippen molar-refractivity contribution in [1.82, 2.24) is 5.32 Å². The molecule has 0 bridgehead atoms. The molecular weight excluding hydrogens is 229 g/mol. The minimum absolute atomic E-state index is 0.158. The van der Waals surface area contributed by atoms with Crippen LogP contribution in [0.5, 0.6) is 0 Å². The lowest BCUT2D eigenvalue weighted by Gasteiger charge is -2.27. The fraction of sp³-hybridized carbons (Fsp3) is 0.500. The van der Waals surface area contributed by atoms with Crippen LogP contribution in [-0.2, 0) is 0 Å². The Hall–Kier alpha value is -1.23. The topological polar surface area (TPSA) is 15.3 Å². The van der Waals surface area contributed by atoms with E-state index in [1.54, 1.807) is 4.90 Å². The molecule has 0 spiro atoms. The summed E-state index contributed by atoms with van der Waals surface area (Å²) >= 11 is 0. The molecule has 2 rings (SSSR count). The van der Waals surface area contributed by atoms with Crippen LogP contribution in [0.15, 0.2) is 12.1 Å². The van der Waals surface area contributed by atoms with E-state index in [0.717, 1.165) is 32.0 Å². The van der Waals surface area contributed by atoms with Gasteiger partial charge in [0.15, 0.2) is 17.5 Å². The first kappa shape index (κ1) is 12.2. The van der Waals surface area contributed by atoms with Gasteiger partial charge in [-0.1, -0.05) is 0 Å². The number of halogens is 3. The van der Waals surface area contributed by atoms with Gasteiger partial charge in [-0.2, -0.15) is 0 Å². The van der Waals surface area contributed by atoms with E-state index in [1.807, 2.05) is 0 Å². The summed E-state index contributed by atoms with van der Waals surface area (Å²) in [6.07, 6.45) is 1.72. The van der Waals surface area contributed by atoms with Crippen LogP contribution >= 0.6 is 0 Å². The van der Waals surface area contributed by atoms with E-state index in [9.17, 15) is 13.2 Å². The maximum atomic E-state index is 13.6. The number of hydrogen-bond donors (Lipinski definition) is 1. The zero-order valence-electron chi connectivity index (χ0n) is 9.48. The third-order valence-electron chi connectivity index (χ3n) is 2.92. The molecule has 0 unspecified atom stereocenters. The van der Waals surface area contributed by atoms with E-state index in [0.29, 0.717) is 13.1 Å². The van der Waals surface area contributed by atoms with Gasteiger partial charge < -0.3 is 10.2 Å². The molecule has 94 valence electrons. The van der Waals surface area contributed by atoms with Crippen LogP contribution in [0.2, 0.25) is 0 Å². The number of nitrogens with one attached hydrogen (secondary N) is 1. The van der Waals surface area contributed by atoms with Gasteiger partial charge in [0.2, 0.25) is 0 Å². The van der Waals surface area contributed by atoms with E-state index in [4.69, 9.17) is 0 Å². The van der Waals surface area contributed by atoms with E-state index in [2.05, 4.69) is 5.32 Å². The molecule has 1 aliphatic heterocycles. The fourth-order valence-electron chi connectivity index (χ4n) is 2.03. The summed E-state index contributed by atoms with van der Waals surface area (Å²) in [5.74, 6) is -3.61. The lowest BCUT2D eigenvalue weighted by atomic mass is 10.2. The van der Waals surface area contributed by atoms with Crippen molar-refractivity contribution in [3.8, 4) is 0 Å². The summed E-state index contributed by atoms with van der Waals surface area (Å²) in [7, 11) is 0. The van der Waals surface area contributed by atoms with Crippen molar-refractivity contribution in [2.45, 2.75) is 12.8 Å². The average molecular weight is 244 g/mol. The SMILES string of the molecule is Fc1ccc(N2CCCNCCC2)c(F)c1F. The summed E-state index contributed by atoms with van der Waals surface area (Å²) in [4.78, 5) is 1.78. The van der Waals surface area contributed by atoms with Crippen molar-refractivity contribution in [3.63, 3.8) is 0 Å². The first-order chi connectivity index (χ1) is 8.20. The molecule has 1 aromatic rings. The average Bonchev–Trinajstić information content (AvgIpc) is 2.27. The van der Waals surface area contributed by atoms with Gasteiger partial charge in [0.25, 0.3) is 0 Å². The summed E-state index contributed by atoms with van der Waals surface area (Å²) in [6.45, 7) is 3.02. The van der Waals surface area contributed by atoms with E-state index in [-0.39, 0.29) is 5.69 Å². The molecular formula is C12H15F3N2. The minimum atomic E-state index is -1.39. The van der Waals surface area contributed by atoms with Gasteiger partial charge in [-0.15, -0.1) is 0 Å². The molecule has 2 nitrogen and oxygen atoms in total. The Kier molecular flexibility index (Phi) is 3.89. The first-order valence-corrected chi connectivity index (χ1v) is 5.79. The molecule has 1 heterocycles. The number of anilines is 1. The highest BCUT2D eigenvalue weighted by Crippen LogP contribution is 2.24. The van der Waals surface area contributed by atoms with Crippen molar-refractivity contribution in [2.75, 3.05) is 31.1 Å². The second-order valence-corrected chi connectivity index (χ2v) is 4.14. The van der Waals surface area contributed by atoms with E-state index < -0.39 is 17.5 Å². The number of nitrogens with zero attached hydrogens (tertiary/aromatic N) is 1. The second kappa shape index (κ2) is 5.40. The van der Waals surface area contributed by atoms with Gasteiger partial charge in [0.05, 0.1) is 5.69 Å². The normalized spacial score (nSPS) is 17.7. The molecule has 0 aromatic heterocycles. The second-order valence-electron chi connectivity index (χ2n) is 4.14. The third kappa shape index (κ3) is 2.72. The molecule has 1 aliphatic rings. The molecule has 5 heteroatoms. The van der Waals surface area contributed by atoms with Crippen molar-refractivity contribution in [1.29, 1.82) is 0 Å². The molecule has 0 saturated carbocycles. The molecule has 0 amide bonds. The van der Waals surface area contributed by atoms with Crippen molar-refractivity contribution < 1.29 is 13.2 Å². The zero-order chi connectivity index (χ0) is 12.3. The van der Waals surface area contributed by atoms with Crippen LogP contribution in [0.25, 0.3) is 0 Å². The number of benzene rings is 1. The summed E-state index contributed by atoms with van der Waals surface area (Å²) in [5.41, 5.74) is 0.158. The molecule has 1 saturated heterocycles. The van der Waals surface area contributed by atoms with Crippen molar-refractivity contribution in [3.05, 3.63) is 29.6 Å². The first-order valence-electron chi connectivity index (χ1n) is 5.79. The quantitative estimate of drug-likeness (QED) is 0.762. The maximum Gasteiger partial charge on any atom is 0.196 e. The smallest absolute Gasteiger partial charge is 0.196 e. The van der Waals surface area contributed by atoms with E-state index in [1.165, 1.54) is 6.07 Å². The van der Waals surface area contributed by atoms with Crippen molar-refractivity contribution >= 4 is 5.69 Å². The van der Waals surface area contributed by atoms with Crippen LogP contribution in [0.1, 0.15) is 12.8 Å². The Bertz CT molecular complexity index is 388. The van der Waals surface area contributed by atoms with Crippen molar-refractivity contribution in [2.24, 2.45) is 0 Å². The highest BCUT2D eigenvalue weighted by atomic mass is 19.2. The lowest BCUT2D eigenvalue weighted by Crippen LogP contribution is -2.34. The molecule has 1 fully saturated rings. The summed E-state index contributed by atoms with van der Waals surface area (Å²) in [5, 5.41) is 3.24. The highest BCUT2D eigenvalue weighted by molar-refractivity contribution is 5.48. The number of hydrogen-bond acceptors (Lipinski definition) is 2. The summed E-state index contributed by atoms with van der Waals surface area (Å²) in [6, 6.07) is 2.29. The van der Waals surface area contributed by atoms with Gasteiger partial charge in [-0.3, -0.25) is 0 Å². The summed E-state index contributed by atoms with van der Waals surface area (Å²) < 4.78 is 39.6. The molecule has 1 N–H and O–H groups in total. The Labute approximate surface area is 98.4 Å². The minimum Gasteiger partial charge on any atom is -0.369 e. The van der Waals surface area contributed by atoms with Crippen LogP contribution < -0.4 is 10.2 Å². The van der Waals surface area contributed by atoms with Gasteiger partial charge in [-0.05, 0) is 38.1 Å². The van der Waals surface area contributed by atoms with Crippen LogP contribution in [0, 0.1) is 17.5 Å². The Morgan fingerprint density at radius 2 is 1.59 bits per heavy atom. The maximum absolute atomic E-state index is 13.6. The molecule has 17 heavy (non-hydrogen) atoms. The Morgan fingerprint density at radius 3 is 2.24 bits per heavy atom. The van der Waals surface area contributed by atoms with Crippen LogP contribution in [0.4, 0.5) is 18.9 Å². The van der Waals surface area contributed by atoms with Gasteiger partial charge in [0, 0.05) is 13.1 Å². The molecule has 0 aliphatic carbocycles. The third-order valence-corrected chi connectivity index (χ3v) is 2.92. The molecule has 0 radical (unpaired) electrons. The van der Waals surface area contributed by atoms with E-state index >= 15 is 0 Å². The fourth-order valence-corrected chi connectivity index (χ4v) is 2.03.